The predicted octanol–water partition coefficient (Wildman–Crippen LogP) is 3.54. The number of nitrogens with zero attached hydrogens (tertiary/aromatic N) is 2. The Bertz CT molecular complexity index is 729. The van der Waals surface area contributed by atoms with Gasteiger partial charge in [0, 0.05) is 26.6 Å². The Hall–Kier alpha value is -1.79. The van der Waals surface area contributed by atoms with E-state index in [9.17, 15) is 0 Å². The standard InChI is InChI=1S/C19H24BrN3O2/c1-14-5-3-4-6-16(14)17-13-23(11-12-24-17)19(21-2)22-10-9-15-7-8-18(20)25-15/h3-8,17H,9-13H2,1-2H3,(H,21,22). The van der Waals surface area contributed by atoms with Crippen molar-refractivity contribution >= 4 is 21.9 Å². The summed E-state index contributed by atoms with van der Waals surface area (Å²) in [6.07, 6.45) is 0.894. The summed E-state index contributed by atoms with van der Waals surface area (Å²) in [5.41, 5.74) is 2.52. The number of morpholine rings is 1. The quantitative estimate of drug-likeness (QED) is 0.624. The highest BCUT2D eigenvalue weighted by Gasteiger charge is 2.25. The van der Waals surface area contributed by atoms with Gasteiger partial charge in [0.1, 0.15) is 11.9 Å². The Balaban J connectivity index is 1.58. The van der Waals surface area contributed by atoms with Crippen LogP contribution in [-0.4, -0.2) is 44.1 Å². The van der Waals surface area contributed by atoms with Gasteiger partial charge in [-0.1, -0.05) is 24.3 Å². The fourth-order valence-electron chi connectivity index (χ4n) is 3.09. The van der Waals surface area contributed by atoms with Crippen LogP contribution in [0.4, 0.5) is 0 Å². The number of aliphatic imine (C=N–C) groups is 1. The zero-order valence-corrected chi connectivity index (χ0v) is 16.3. The average Bonchev–Trinajstić information content (AvgIpc) is 3.04. The van der Waals surface area contributed by atoms with Gasteiger partial charge in [0.05, 0.1) is 13.2 Å². The molecule has 1 aromatic heterocycles. The molecule has 0 saturated carbocycles. The zero-order chi connectivity index (χ0) is 17.6. The van der Waals surface area contributed by atoms with Crippen molar-refractivity contribution in [3.8, 4) is 0 Å². The summed E-state index contributed by atoms with van der Waals surface area (Å²) in [7, 11) is 1.82. The summed E-state index contributed by atoms with van der Waals surface area (Å²) in [6.45, 7) is 5.25. The molecule has 3 rings (SSSR count). The molecule has 1 atom stereocenters. The van der Waals surface area contributed by atoms with Gasteiger partial charge >= 0.3 is 0 Å². The molecule has 0 amide bonds. The summed E-state index contributed by atoms with van der Waals surface area (Å²) < 4.78 is 12.3. The highest BCUT2D eigenvalue weighted by Crippen LogP contribution is 2.25. The number of ether oxygens (including phenoxy) is 1. The van der Waals surface area contributed by atoms with Crippen LogP contribution in [0, 0.1) is 6.92 Å². The minimum Gasteiger partial charge on any atom is -0.454 e. The monoisotopic (exact) mass is 405 g/mol. The summed E-state index contributed by atoms with van der Waals surface area (Å²) in [6, 6.07) is 12.3. The Labute approximate surface area is 157 Å². The van der Waals surface area contributed by atoms with Crippen molar-refractivity contribution in [3.63, 3.8) is 0 Å². The number of guanidine groups is 1. The first-order chi connectivity index (χ1) is 12.2. The van der Waals surface area contributed by atoms with Gasteiger partial charge in [-0.25, -0.2) is 0 Å². The van der Waals surface area contributed by atoms with E-state index in [0.29, 0.717) is 6.61 Å². The van der Waals surface area contributed by atoms with Crippen molar-refractivity contribution in [2.75, 3.05) is 33.3 Å². The van der Waals surface area contributed by atoms with E-state index in [0.717, 1.165) is 42.4 Å². The Morgan fingerprint density at radius 1 is 1.32 bits per heavy atom. The largest absolute Gasteiger partial charge is 0.454 e. The van der Waals surface area contributed by atoms with Crippen LogP contribution in [0.3, 0.4) is 0 Å². The number of rotatable bonds is 4. The number of hydrogen-bond acceptors (Lipinski definition) is 3. The lowest BCUT2D eigenvalue weighted by Crippen LogP contribution is -2.48. The molecule has 1 N–H and O–H groups in total. The van der Waals surface area contributed by atoms with Crippen molar-refractivity contribution in [1.29, 1.82) is 0 Å². The first-order valence-corrected chi connectivity index (χ1v) is 9.33. The molecule has 5 nitrogen and oxygen atoms in total. The fourth-order valence-corrected chi connectivity index (χ4v) is 3.43. The van der Waals surface area contributed by atoms with Gasteiger partial charge in [-0.05, 0) is 46.1 Å². The third-order valence-electron chi connectivity index (χ3n) is 4.40. The fraction of sp³-hybridized carbons (Fsp3) is 0.421. The van der Waals surface area contributed by atoms with E-state index in [-0.39, 0.29) is 6.10 Å². The number of furan rings is 1. The van der Waals surface area contributed by atoms with Crippen LogP contribution in [-0.2, 0) is 11.2 Å². The predicted molar refractivity (Wildman–Crippen MR) is 103 cm³/mol. The molecule has 0 aliphatic carbocycles. The maximum Gasteiger partial charge on any atom is 0.193 e. The molecule has 2 heterocycles. The highest BCUT2D eigenvalue weighted by atomic mass is 79.9. The van der Waals surface area contributed by atoms with Crippen molar-refractivity contribution in [3.05, 3.63) is 58.0 Å². The van der Waals surface area contributed by atoms with Crippen LogP contribution < -0.4 is 5.32 Å². The lowest BCUT2D eigenvalue weighted by Gasteiger charge is -2.35. The molecule has 0 radical (unpaired) electrons. The number of nitrogens with one attached hydrogen (secondary N) is 1. The second kappa shape index (κ2) is 8.54. The molecule has 2 aromatic rings. The van der Waals surface area contributed by atoms with E-state index < -0.39 is 0 Å². The van der Waals surface area contributed by atoms with Crippen molar-refractivity contribution < 1.29 is 9.15 Å². The lowest BCUT2D eigenvalue weighted by atomic mass is 10.0. The molecule has 1 saturated heterocycles. The van der Waals surface area contributed by atoms with Gasteiger partial charge in [-0.3, -0.25) is 4.99 Å². The number of aryl methyl sites for hydroxylation is 1. The number of benzene rings is 1. The molecule has 134 valence electrons. The molecular formula is C19H24BrN3O2. The minimum atomic E-state index is 0.0783. The maximum atomic E-state index is 6.00. The van der Waals surface area contributed by atoms with Gasteiger partial charge in [-0.15, -0.1) is 0 Å². The summed E-state index contributed by atoms with van der Waals surface area (Å²) in [5, 5.41) is 3.43. The van der Waals surface area contributed by atoms with Crippen LogP contribution in [0.5, 0.6) is 0 Å². The second-order valence-electron chi connectivity index (χ2n) is 6.09. The molecule has 0 bridgehead atoms. The summed E-state index contributed by atoms with van der Waals surface area (Å²) in [5.74, 6) is 1.86. The second-order valence-corrected chi connectivity index (χ2v) is 6.87. The maximum absolute atomic E-state index is 6.00. The van der Waals surface area contributed by atoms with Gasteiger partial charge in [0.15, 0.2) is 10.6 Å². The van der Waals surface area contributed by atoms with Crippen molar-refractivity contribution in [1.82, 2.24) is 10.2 Å². The first-order valence-electron chi connectivity index (χ1n) is 8.54. The van der Waals surface area contributed by atoms with E-state index in [1.54, 1.807) is 0 Å². The van der Waals surface area contributed by atoms with Crippen LogP contribution in [0.15, 0.2) is 50.5 Å². The Kier molecular flexibility index (Phi) is 6.15. The van der Waals surface area contributed by atoms with E-state index >= 15 is 0 Å². The van der Waals surface area contributed by atoms with Crippen molar-refractivity contribution in [2.24, 2.45) is 4.99 Å². The normalized spacial score (nSPS) is 18.4. The molecule has 1 aliphatic heterocycles. The van der Waals surface area contributed by atoms with Gasteiger partial charge < -0.3 is 19.4 Å². The third kappa shape index (κ3) is 4.64. The first kappa shape index (κ1) is 18.0. The van der Waals surface area contributed by atoms with Gasteiger partial charge in [0.25, 0.3) is 0 Å². The minimum absolute atomic E-state index is 0.0783. The average molecular weight is 406 g/mol. The molecular weight excluding hydrogens is 382 g/mol. The third-order valence-corrected chi connectivity index (χ3v) is 4.82. The molecule has 25 heavy (non-hydrogen) atoms. The van der Waals surface area contributed by atoms with Crippen LogP contribution in [0.1, 0.15) is 23.0 Å². The van der Waals surface area contributed by atoms with Gasteiger partial charge in [0.2, 0.25) is 0 Å². The Morgan fingerprint density at radius 2 is 2.16 bits per heavy atom. The number of halogens is 1. The van der Waals surface area contributed by atoms with Crippen molar-refractivity contribution in [2.45, 2.75) is 19.4 Å². The molecule has 0 spiro atoms. The molecule has 1 unspecified atom stereocenters. The molecule has 1 aliphatic rings. The van der Waals surface area contributed by atoms with Gasteiger partial charge in [-0.2, -0.15) is 0 Å². The molecule has 1 fully saturated rings. The van der Waals surface area contributed by atoms with E-state index in [4.69, 9.17) is 9.15 Å². The number of hydrogen-bond donors (Lipinski definition) is 1. The van der Waals surface area contributed by atoms with Crippen LogP contribution in [0.25, 0.3) is 0 Å². The molecule has 1 aromatic carbocycles. The topological polar surface area (TPSA) is 50.0 Å². The lowest BCUT2D eigenvalue weighted by molar-refractivity contribution is -0.00830. The summed E-state index contributed by atoms with van der Waals surface area (Å²) >= 11 is 3.33. The smallest absolute Gasteiger partial charge is 0.193 e. The Morgan fingerprint density at radius 3 is 2.88 bits per heavy atom. The van der Waals surface area contributed by atoms with Crippen LogP contribution in [0.2, 0.25) is 0 Å². The van der Waals surface area contributed by atoms with E-state index in [2.05, 4.69) is 62.3 Å². The van der Waals surface area contributed by atoms with E-state index in [1.807, 2.05) is 19.2 Å². The SMILES string of the molecule is CN=C(NCCc1ccc(Br)o1)N1CCOC(c2ccccc2C)C1. The highest BCUT2D eigenvalue weighted by molar-refractivity contribution is 9.10. The van der Waals surface area contributed by atoms with Crippen LogP contribution >= 0.6 is 15.9 Å². The zero-order valence-electron chi connectivity index (χ0n) is 14.7. The molecule has 6 heteroatoms. The summed E-state index contributed by atoms with van der Waals surface area (Å²) in [4.78, 5) is 6.70. The van der Waals surface area contributed by atoms with E-state index in [1.165, 1.54) is 11.1 Å².